The minimum atomic E-state index is 0.615. The average Bonchev–Trinajstić information content (AvgIpc) is 2.57. The molecule has 1 aromatic carbocycles. The second-order valence-corrected chi connectivity index (χ2v) is 4.60. The van der Waals surface area contributed by atoms with Gasteiger partial charge in [0.05, 0.1) is 0 Å². The number of fused-ring (bicyclic) bond motifs is 3. The van der Waals surface area contributed by atoms with Crippen LogP contribution in [0.15, 0.2) is 18.2 Å². The van der Waals surface area contributed by atoms with E-state index in [4.69, 9.17) is 0 Å². The maximum atomic E-state index is 3.51. The number of aryl methyl sites for hydroxylation is 1. The fourth-order valence-electron chi connectivity index (χ4n) is 2.60. The third kappa shape index (κ3) is 1.29. The fraction of sp³-hybridized carbons (Fsp3) is 0.385. The lowest BCUT2D eigenvalue weighted by Gasteiger charge is -2.20. The molecule has 0 spiro atoms. The highest BCUT2D eigenvalue weighted by atomic mass is 14.9. The molecule has 1 aliphatic heterocycles. The molecule has 3 rings (SSSR count). The number of aromatic amines is 1. The lowest BCUT2D eigenvalue weighted by molar-refractivity contribution is 0.568. The number of hydrogen-bond acceptors (Lipinski definition) is 1. The molecule has 0 radical (unpaired) electrons. The highest BCUT2D eigenvalue weighted by Crippen LogP contribution is 2.31. The monoisotopic (exact) mass is 200 g/mol. The zero-order valence-electron chi connectivity index (χ0n) is 9.22. The average molecular weight is 200 g/mol. The van der Waals surface area contributed by atoms with Crippen LogP contribution in [0.2, 0.25) is 0 Å². The van der Waals surface area contributed by atoms with E-state index in [1.807, 2.05) is 0 Å². The summed E-state index contributed by atoms with van der Waals surface area (Å²) in [4.78, 5) is 3.51. The van der Waals surface area contributed by atoms with E-state index in [0.29, 0.717) is 5.92 Å². The molecular formula is C13H16N2. The quantitative estimate of drug-likeness (QED) is 0.672. The van der Waals surface area contributed by atoms with Crippen LogP contribution in [-0.2, 0) is 6.54 Å². The van der Waals surface area contributed by atoms with Crippen molar-refractivity contribution >= 4 is 10.9 Å². The van der Waals surface area contributed by atoms with Crippen LogP contribution in [0.1, 0.15) is 29.7 Å². The molecule has 0 saturated carbocycles. The van der Waals surface area contributed by atoms with Crippen molar-refractivity contribution in [1.82, 2.24) is 10.3 Å². The molecule has 0 aliphatic carbocycles. The Morgan fingerprint density at radius 3 is 3.07 bits per heavy atom. The van der Waals surface area contributed by atoms with Crippen LogP contribution in [-0.4, -0.2) is 11.5 Å². The predicted molar refractivity (Wildman–Crippen MR) is 63.2 cm³/mol. The second kappa shape index (κ2) is 3.11. The summed E-state index contributed by atoms with van der Waals surface area (Å²) in [7, 11) is 0. The van der Waals surface area contributed by atoms with Crippen LogP contribution in [0, 0.1) is 6.92 Å². The van der Waals surface area contributed by atoms with Gasteiger partial charge in [0, 0.05) is 29.7 Å². The Hall–Kier alpha value is -1.28. The van der Waals surface area contributed by atoms with Gasteiger partial charge in [0.2, 0.25) is 0 Å². The minimum absolute atomic E-state index is 0.615. The van der Waals surface area contributed by atoms with Crippen molar-refractivity contribution in [1.29, 1.82) is 0 Å². The molecule has 1 unspecified atom stereocenters. The summed E-state index contributed by atoms with van der Waals surface area (Å²) in [5.74, 6) is 0.615. The molecule has 2 nitrogen and oxygen atoms in total. The lowest BCUT2D eigenvalue weighted by Crippen LogP contribution is -2.26. The van der Waals surface area contributed by atoms with Crippen molar-refractivity contribution in [3.63, 3.8) is 0 Å². The smallest absolute Gasteiger partial charge is 0.0459 e. The van der Waals surface area contributed by atoms with Crippen LogP contribution in [0.5, 0.6) is 0 Å². The van der Waals surface area contributed by atoms with Crippen molar-refractivity contribution in [3.05, 3.63) is 35.0 Å². The lowest BCUT2D eigenvalue weighted by atomic mass is 9.94. The molecule has 0 fully saturated rings. The van der Waals surface area contributed by atoms with Gasteiger partial charge in [-0.25, -0.2) is 0 Å². The number of benzene rings is 1. The molecule has 1 aliphatic rings. The van der Waals surface area contributed by atoms with E-state index in [0.717, 1.165) is 13.1 Å². The Kier molecular flexibility index (Phi) is 1.86. The van der Waals surface area contributed by atoms with E-state index in [9.17, 15) is 0 Å². The topological polar surface area (TPSA) is 27.8 Å². The summed E-state index contributed by atoms with van der Waals surface area (Å²) in [5.41, 5.74) is 5.51. The summed E-state index contributed by atoms with van der Waals surface area (Å²) >= 11 is 0. The van der Waals surface area contributed by atoms with Gasteiger partial charge < -0.3 is 10.3 Å². The first-order valence-electron chi connectivity index (χ1n) is 5.57. The molecule has 1 atom stereocenters. The highest BCUT2D eigenvalue weighted by molar-refractivity contribution is 5.86. The highest BCUT2D eigenvalue weighted by Gasteiger charge is 2.20. The Bertz CT molecular complexity index is 510. The molecule has 15 heavy (non-hydrogen) atoms. The number of aromatic nitrogens is 1. The molecule has 2 heteroatoms. The normalized spacial score (nSPS) is 20.5. The van der Waals surface area contributed by atoms with Gasteiger partial charge in [-0.15, -0.1) is 0 Å². The second-order valence-electron chi connectivity index (χ2n) is 4.60. The van der Waals surface area contributed by atoms with Crippen molar-refractivity contribution in [2.45, 2.75) is 26.3 Å². The van der Waals surface area contributed by atoms with Crippen molar-refractivity contribution < 1.29 is 0 Å². The minimum Gasteiger partial charge on any atom is -0.357 e. The van der Waals surface area contributed by atoms with E-state index in [2.05, 4.69) is 42.3 Å². The first kappa shape index (κ1) is 8.98. The third-order valence-corrected chi connectivity index (χ3v) is 3.32. The standard InChI is InChI=1S/C13H16N2/c1-8-3-4-11-10(5-8)13-9(2)6-14-7-12(13)15-11/h3-5,9,14-15H,6-7H2,1-2H3. The number of hydrogen-bond donors (Lipinski definition) is 2. The van der Waals surface area contributed by atoms with Crippen LogP contribution in [0.3, 0.4) is 0 Å². The summed E-state index contributed by atoms with van der Waals surface area (Å²) in [6.45, 7) is 6.52. The molecule has 2 heterocycles. The predicted octanol–water partition coefficient (Wildman–Crippen LogP) is 2.68. The molecule has 2 N–H and O–H groups in total. The van der Waals surface area contributed by atoms with E-state index in [-0.39, 0.29) is 0 Å². The van der Waals surface area contributed by atoms with E-state index in [1.54, 1.807) is 0 Å². The molecule has 0 bridgehead atoms. The Morgan fingerprint density at radius 1 is 1.33 bits per heavy atom. The van der Waals surface area contributed by atoms with E-state index >= 15 is 0 Å². The van der Waals surface area contributed by atoms with Gasteiger partial charge in [-0.1, -0.05) is 18.6 Å². The molecule has 78 valence electrons. The van der Waals surface area contributed by atoms with Gasteiger partial charge in [0.15, 0.2) is 0 Å². The summed E-state index contributed by atoms with van der Waals surface area (Å²) in [6.07, 6.45) is 0. The largest absolute Gasteiger partial charge is 0.357 e. The van der Waals surface area contributed by atoms with Gasteiger partial charge in [-0.05, 0) is 30.5 Å². The SMILES string of the molecule is Cc1ccc2[nH]c3c(c2c1)C(C)CNC3. The molecule has 0 saturated heterocycles. The number of H-pyrrole nitrogens is 1. The fourth-order valence-corrected chi connectivity index (χ4v) is 2.60. The van der Waals surface area contributed by atoms with Crippen molar-refractivity contribution in [3.8, 4) is 0 Å². The van der Waals surface area contributed by atoms with Gasteiger partial charge in [0.1, 0.15) is 0 Å². The van der Waals surface area contributed by atoms with Crippen LogP contribution >= 0.6 is 0 Å². The first-order valence-corrected chi connectivity index (χ1v) is 5.57. The zero-order valence-corrected chi connectivity index (χ0v) is 9.22. The molecular weight excluding hydrogens is 184 g/mol. The maximum absolute atomic E-state index is 3.51. The number of rotatable bonds is 0. The van der Waals surface area contributed by atoms with Gasteiger partial charge >= 0.3 is 0 Å². The Balaban J connectivity index is 2.33. The number of nitrogens with one attached hydrogen (secondary N) is 2. The van der Waals surface area contributed by atoms with Crippen molar-refractivity contribution in [2.24, 2.45) is 0 Å². The third-order valence-electron chi connectivity index (χ3n) is 3.32. The summed E-state index contributed by atoms with van der Waals surface area (Å²) in [6, 6.07) is 6.66. The summed E-state index contributed by atoms with van der Waals surface area (Å²) in [5, 5.41) is 4.85. The molecule has 1 aromatic heterocycles. The summed E-state index contributed by atoms with van der Waals surface area (Å²) < 4.78 is 0. The van der Waals surface area contributed by atoms with Crippen LogP contribution in [0.25, 0.3) is 10.9 Å². The van der Waals surface area contributed by atoms with Gasteiger partial charge in [0.25, 0.3) is 0 Å². The van der Waals surface area contributed by atoms with Crippen LogP contribution in [0.4, 0.5) is 0 Å². The van der Waals surface area contributed by atoms with Gasteiger partial charge in [-0.2, -0.15) is 0 Å². The molecule has 2 aromatic rings. The van der Waals surface area contributed by atoms with Crippen LogP contribution < -0.4 is 5.32 Å². The first-order chi connectivity index (χ1) is 7.25. The maximum Gasteiger partial charge on any atom is 0.0459 e. The van der Waals surface area contributed by atoms with E-state index < -0.39 is 0 Å². The van der Waals surface area contributed by atoms with E-state index in [1.165, 1.54) is 27.7 Å². The Morgan fingerprint density at radius 2 is 2.20 bits per heavy atom. The van der Waals surface area contributed by atoms with Crippen molar-refractivity contribution in [2.75, 3.05) is 6.54 Å². The Labute approximate surface area is 89.7 Å². The molecule has 0 amide bonds. The van der Waals surface area contributed by atoms with Gasteiger partial charge in [-0.3, -0.25) is 0 Å². The zero-order chi connectivity index (χ0) is 10.4.